The summed E-state index contributed by atoms with van der Waals surface area (Å²) in [6, 6.07) is 8.83. The number of ketones is 1. The van der Waals surface area contributed by atoms with Gasteiger partial charge in [0, 0.05) is 19.6 Å². The number of hydrogen-bond acceptors (Lipinski definition) is 6. The number of rotatable bonds is 5. The van der Waals surface area contributed by atoms with E-state index in [0.717, 1.165) is 5.56 Å². The highest BCUT2D eigenvalue weighted by molar-refractivity contribution is 6.19. The van der Waals surface area contributed by atoms with Gasteiger partial charge in [0.15, 0.2) is 11.7 Å². The zero-order valence-corrected chi connectivity index (χ0v) is 16.0. The van der Waals surface area contributed by atoms with Gasteiger partial charge in [0.05, 0.1) is 25.2 Å². The monoisotopic (exact) mass is 388 g/mol. The normalized spacial score (nSPS) is 24.1. The molecule has 150 valence electrons. The van der Waals surface area contributed by atoms with Gasteiger partial charge in [-0.15, -0.1) is 0 Å². The molecule has 0 saturated carbocycles. The van der Waals surface area contributed by atoms with Crippen molar-refractivity contribution in [1.29, 1.82) is 0 Å². The zero-order chi connectivity index (χ0) is 20.3. The Bertz CT molecular complexity index is 765. The van der Waals surface area contributed by atoms with Gasteiger partial charge >= 0.3 is 12.1 Å². The fourth-order valence-corrected chi connectivity index (χ4v) is 3.83. The van der Waals surface area contributed by atoms with Crippen molar-refractivity contribution in [3.8, 4) is 0 Å². The molecule has 3 atom stereocenters. The lowest BCUT2D eigenvalue weighted by molar-refractivity contribution is -0.165. The molecule has 1 aromatic rings. The largest absolute Gasteiger partial charge is 0.465 e. The van der Waals surface area contributed by atoms with E-state index >= 15 is 0 Å². The predicted octanol–water partition coefficient (Wildman–Crippen LogP) is 1.23. The number of carbonyl (C=O) groups is 4. The fraction of sp³-hybridized carbons (Fsp3) is 0.500. The minimum atomic E-state index is -1.48. The van der Waals surface area contributed by atoms with Crippen LogP contribution in [-0.4, -0.2) is 65.9 Å². The van der Waals surface area contributed by atoms with E-state index < -0.39 is 41.6 Å². The van der Waals surface area contributed by atoms with Gasteiger partial charge in [-0.25, -0.2) is 4.79 Å². The molecule has 28 heavy (non-hydrogen) atoms. The highest BCUT2D eigenvalue weighted by Gasteiger charge is 2.55. The van der Waals surface area contributed by atoms with E-state index in [0.29, 0.717) is 0 Å². The second-order valence-corrected chi connectivity index (χ2v) is 6.82. The number of fused-ring (bicyclic) bond motifs is 1. The number of ether oxygens (including phenoxy) is 2. The van der Waals surface area contributed by atoms with E-state index in [9.17, 15) is 19.2 Å². The molecule has 8 heteroatoms. The lowest BCUT2D eigenvalue weighted by Crippen LogP contribution is -2.58. The number of hydrogen-bond donors (Lipinski definition) is 0. The molecule has 0 radical (unpaired) electrons. The van der Waals surface area contributed by atoms with Crippen LogP contribution in [-0.2, 0) is 30.4 Å². The van der Waals surface area contributed by atoms with Gasteiger partial charge in [-0.2, -0.15) is 0 Å². The second kappa shape index (κ2) is 8.41. The summed E-state index contributed by atoms with van der Waals surface area (Å²) in [4.78, 5) is 53.4. The third-order valence-electron chi connectivity index (χ3n) is 5.11. The Morgan fingerprint density at radius 1 is 1.04 bits per heavy atom. The summed E-state index contributed by atoms with van der Waals surface area (Å²) in [5.41, 5.74) is 0.876. The summed E-state index contributed by atoms with van der Waals surface area (Å²) < 4.78 is 10.0. The molecule has 2 heterocycles. The van der Waals surface area contributed by atoms with Crippen molar-refractivity contribution < 1.29 is 28.7 Å². The molecule has 3 rings (SSSR count). The molecule has 0 bridgehead atoms. The van der Waals surface area contributed by atoms with Gasteiger partial charge in [0.1, 0.15) is 0 Å². The molecule has 1 aromatic carbocycles. The molecule has 2 amide bonds. The molecule has 2 fully saturated rings. The van der Waals surface area contributed by atoms with Crippen molar-refractivity contribution in [3.63, 3.8) is 0 Å². The number of Topliss-reactive ketones (excluding diaryl/α,β-unsaturated/α-hetero) is 1. The lowest BCUT2D eigenvalue weighted by atomic mass is 9.82. The van der Waals surface area contributed by atoms with Gasteiger partial charge < -0.3 is 19.3 Å². The Kier molecular flexibility index (Phi) is 5.96. The molecule has 3 unspecified atom stereocenters. The van der Waals surface area contributed by atoms with Crippen LogP contribution >= 0.6 is 0 Å². The molecule has 0 aromatic heterocycles. The maximum Gasteiger partial charge on any atom is 0.409 e. The van der Waals surface area contributed by atoms with Crippen LogP contribution < -0.4 is 0 Å². The van der Waals surface area contributed by atoms with E-state index in [1.807, 2.05) is 30.3 Å². The standard InChI is InChI=1S/C20H24N2O6/c1-3-27-19(25)16-17(23)14-11-21(20(26)28-4-2)12-15(14)22(18(16)24)10-13-8-6-5-7-9-13/h5-9,14-16H,3-4,10-12H2,1-2H3. The van der Waals surface area contributed by atoms with Crippen LogP contribution in [0.1, 0.15) is 19.4 Å². The number of piperidine rings is 1. The number of amides is 2. The van der Waals surface area contributed by atoms with Gasteiger partial charge in [-0.05, 0) is 19.4 Å². The van der Waals surface area contributed by atoms with Crippen molar-refractivity contribution in [2.75, 3.05) is 26.3 Å². The highest BCUT2D eigenvalue weighted by Crippen LogP contribution is 2.34. The van der Waals surface area contributed by atoms with Gasteiger partial charge in [0.2, 0.25) is 5.91 Å². The third kappa shape index (κ3) is 3.72. The first-order valence-corrected chi connectivity index (χ1v) is 9.44. The summed E-state index contributed by atoms with van der Waals surface area (Å²) in [5, 5.41) is 0. The Hall–Kier alpha value is -2.90. The van der Waals surface area contributed by atoms with Crippen molar-refractivity contribution in [1.82, 2.24) is 9.80 Å². The lowest BCUT2D eigenvalue weighted by Gasteiger charge is -2.38. The van der Waals surface area contributed by atoms with E-state index in [4.69, 9.17) is 9.47 Å². The second-order valence-electron chi connectivity index (χ2n) is 6.82. The quantitative estimate of drug-likeness (QED) is 0.556. The van der Waals surface area contributed by atoms with E-state index in [1.54, 1.807) is 13.8 Å². The Balaban J connectivity index is 1.91. The maximum atomic E-state index is 13.1. The Morgan fingerprint density at radius 2 is 1.71 bits per heavy atom. The predicted molar refractivity (Wildman–Crippen MR) is 98.0 cm³/mol. The molecular formula is C20H24N2O6. The summed E-state index contributed by atoms with van der Waals surface area (Å²) in [6.45, 7) is 4.20. The minimum absolute atomic E-state index is 0.0810. The first-order valence-electron chi connectivity index (χ1n) is 9.44. The minimum Gasteiger partial charge on any atom is -0.465 e. The van der Waals surface area contributed by atoms with E-state index in [-0.39, 0.29) is 32.8 Å². The van der Waals surface area contributed by atoms with Crippen molar-refractivity contribution >= 4 is 23.8 Å². The molecular weight excluding hydrogens is 364 g/mol. The topological polar surface area (TPSA) is 93.2 Å². The highest BCUT2D eigenvalue weighted by atomic mass is 16.6. The fourth-order valence-electron chi connectivity index (χ4n) is 3.83. The number of carbonyl (C=O) groups excluding carboxylic acids is 4. The van der Waals surface area contributed by atoms with Crippen molar-refractivity contribution in [2.24, 2.45) is 11.8 Å². The first kappa shape index (κ1) is 19.9. The Morgan fingerprint density at radius 3 is 2.36 bits per heavy atom. The summed E-state index contributed by atoms with van der Waals surface area (Å²) in [7, 11) is 0. The number of nitrogens with zero attached hydrogens (tertiary/aromatic N) is 2. The number of esters is 1. The third-order valence-corrected chi connectivity index (χ3v) is 5.11. The summed E-state index contributed by atoms with van der Waals surface area (Å²) in [5.74, 6) is -4.00. The summed E-state index contributed by atoms with van der Waals surface area (Å²) >= 11 is 0. The first-order chi connectivity index (χ1) is 13.5. The number of likely N-dealkylation sites (tertiary alicyclic amines) is 2. The smallest absolute Gasteiger partial charge is 0.409 e. The van der Waals surface area contributed by atoms with Crippen molar-refractivity contribution in [2.45, 2.75) is 26.4 Å². The molecule has 2 aliphatic rings. The molecule has 0 aliphatic carbocycles. The molecule has 2 aliphatic heterocycles. The SMILES string of the molecule is CCOC(=O)C1C(=O)C2CN(C(=O)OCC)CC2N(Cc2ccccc2)C1=O. The van der Waals surface area contributed by atoms with Gasteiger partial charge in [-0.3, -0.25) is 14.4 Å². The van der Waals surface area contributed by atoms with Crippen LogP contribution in [0.5, 0.6) is 0 Å². The van der Waals surface area contributed by atoms with Crippen LogP contribution in [0.2, 0.25) is 0 Å². The number of benzene rings is 1. The van der Waals surface area contributed by atoms with Gasteiger partial charge in [0.25, 0.3) is 0 Å². The molecule has 2 saturated heterocycles. The van der Waals surface area contributed by atoms with Crippen LogP contribution in [0, 0.1) is 11.8 Å². The van der Waals surface area contributed by atoms with Crippen LogP contribution in [0.15, 0.2) is 30.3 Å². The van der Waals surface area contributed by atoms with E-state index in [1.165, 1.54) is 9.80 Å². The maximum absolute atomic E-state index is 13.1. The average Bonchev–Trinajstić information content (AvgIpc) is 3.12. The zero-order valence-electron chi connectivity index (χ0n) is 16.0. The van der Waals surface area contributed by atoms with Crippen LogP contribution in [0.3, 0.4) is 0 Å². The van der Waals surface area contributed by atoms with Gasteiger partial charge in [-0.1, -0.05) is 30.3 Å². The molecule has 8 nitrogen and oxygen atoms in total. The van der Waals surface area contributed by atoms with Crippen LogP contribution in [0.4, 0.5) is 4.79 Å². The summed E-state index contributed by atoms with van der Waals surface area (Å²) in [6.07, 6.45) is -0.524. The van der Waals surface area contributed by atoms with E-state index in [2.05, 4.69) is 0 Å². The molecule has 0 N–H and O–H groups in total. The van der Waals surface area contributed by atoms with Crippen LogP contribution in [0.25, 0.3) is 0 Å². The Labute approximate surface area is 163 Å². The van der Waals surface area contributed by atoms with Crippen molar-refractivity contribution in [3.05, 3.63) is 35.9 Å². The average molecular weight is 388 g/mol. The molecule has 0 spiro atoms.